The summed E-state index contributed by atoms with van der Waals surface area (Å²) in [5.41, 5.74) is -0.0258. The first-order valence-electron chi connectivity index (χ1n) is 8.45. The Hall–Kier alpha value is -2.94. The lowest BCUT2D eigenvalue weighted by molar-refractivity contribution is 0.566. The maximum absolute atomic E-state index is 14.2. The first kappa shape index (κ1) is 16.5. The van der Waals surface area contributed by atoms with Crippen molar-refractivity contribution in [1.29, 1.82) is 0 Å². The molecule has 26 heavy (non-hydrogen) atoms. The Morgan fingerprint density at radius 2 is 1.92 bits per heavy atom. The van der Waals surface area contributed by atoms with Gasteiger partial charge in [0.2, 0.25) is 5.95 Å². The van der Waals surface area contributed by atoms with E-state index >= 15 is 0 Å². The second kappa shape index (κ2) is 6.41. The molecule has 2 aromatic heterocycles. The van der Waals surface area contributed by atoms with Crippen LogP contribution in [-0.4, -0.2) is 45.3 Å². The zero-order valence-corrected chi connectivity index (χ0v) is 14.3. The first-order valence-corrected chi connectivity index (χ1v) is 8.45. The van der Waals surface area contributed by atoms with E-state index in [1.54, 1.807) is 29.8 Å². The molecule has 0 spiro atoms. The van der Waals surface area contributed by atoms with Crippen LogP contribution < -0.4 is 21.5 Å². The van der Waals surface area contributed by atoms with Crippen molar-refractivity contribution in [3.8, 4) is 0 Å². The Labute approximate surface area is 147 Å². The van der Waals surface area contributed by atoms with Crippen molar-refractivity contribution in [2.45, 2.75) is 6.54 Å². The van der Waals surface area contributed by atoms with Gasteiger partial charge in [-0.1, -0.05) is 18.2 Å². The number of halogens is 1. The van der Waals surface area contributed by atoms with E-state index in [0.29, 0.717) is 30.2 Å². The van der Waals surface area contributed by atoms with Gasteiger partial charge in [0, 0.05) is 38.8 Å². The number of hydrogen-bond donors (Lipinski definition) is 2. The second-order valence-corrected chi connectivity index (χ2v) is 6.32. The number of aromatic nitrogens is 4. The molecular formula is C17H19FN6O2. The fraction of sp³-hybridized carbons (Fsp3) is 0.353. The Bertz CT molecular complexity index is 1080. The molecule has 1 fully saturated rings. The van der Waals surface area contributed by atoms with Crippen molar-refractivity contribution in [3.63, 3.8) is 0 Å². The van der Waals surface area contributed by atoms with Gasteiger partial charge in [0.1, 0.15) is 5.82 Å². The zero-order chi connectivity index (χ0) is 18.3. The van der Waals surface area contributed by atoms with Crippen molar-refractivity contribution in [2.24, 2.45) is 7.05 Å². The molecule has 1 aliphatic heterocycles. The van der Waals surface area contributed by atoms with Crippen LogP contribution in [0.25, 0.3) is 11.2 Å². The van der Waals surface area contributed by atoms with Gasteiger partial charge in [0.15, 0.2) is 11.2 Å². The number of H-pyrrole nitrogens is 1. The smallest absolute Gasteiger partial charge is 0.329 e. The topological polar surface area (TPSA) is 87.9 Å². The van der Waals surface area contributed by atoms with Gasteiger partial charge in [-0.3, -0.25) is 18.9 Å². The molecule has 0 saturated carbocycles. The number of rotatable bonds is 3. The van der Waals surface area contributed by atoms with Crippen LogP contribution in [-0.2, 0) is 13.6 Å². The number of imidazole rings is 1. The van der Waals surface area contributed by atoms with E-state index in [4.69, 9.17) is 0 Å². The number of benzene rings is 1. The van der Waals surface area contributed by atoms with E-state index in [0.717, 1.165) is 13.1 Å². The fourth-order valence-electron chi connectivity index (χ4n) is 3.28. The van der Waals surface area contributed by atoms with Crippen molar-refractivity contribution in [3.05, 3.63) is 56.5 Å². The Morgan fingerprint density at radius 1 is 1.19 bits per heavy atom. The summed E-state index contributed by atoms with van der Waals surface area (Å²) in [6.45, 7) is 3.17. The minimum atomic E-state index is -0.523. The molecule has 9 heteroatoms. The van der Waals surface area contributed by atoms with Crippen LogP contribution >= 0.6 is 0 Å². The second-order valence-electron chi connectivity index (χ2n) is 6.32. The number of anilines is 1. The molecule has 1 aliphatic rings. The maximum atomic E-state index is 14.2. The molecule has 8 nitrogen and oxygen atoms in total. The maximum Gasteiger partial charge on any atom is 0.329 e. The summed E-state index contributed by atoms with van der Waals surface area (Å²) in [7, 11) is 1.56. The van der Waals surface area contributed by atoms with E-state index < -0.39 is 11.2 Å². The van der Waals surface area contributed by atoms with E-state index in [-0.39, 0.29) is 17.9 Å². The Balaban J connectivity index is 1.95. The predicted octanol–water partition coefficient (Wildman–Crippen LogP) is 0.0203. The molecule has 0 unspecified atom stereocenters. The van der Waals surface area contributed by atoms with Crippen LogP contribution in [0.2, 0.25) is 0 Å². The molecule has 3 aromatic rings. The van der Waals surface area contributed by atoms with Gasteiger partial charge in [-0.15, -0.1) is 0 Å². The van der Waals surface area contributed by atoms with Gasteiger partial charge in [0.05, 0.1) is 6.54 Å². The molecule has 0 aliphatic carbocycles. The number of fused-ring (bicyclic) bond motifs is 1. The van der Waals surface area contributed by atoms with Crippen molar-refractivity contribution in [1.82, 2.24) is 24.4 Å². The van der Waals surface area contributed by atoms with Gasteiger partial charge in [0.25, 0.3) is 5.56 Å². The van der Waals surface area contributed by atoms with Crippen molar-refractivity contribution in [2.75, 3.05) is 31.1 Å². The monoisotopic (exact) mass is 358 g/mol. The summed E-state index contributed by atoms with van der Waals surface area (Å²) in [4.78, 5) is 33.3. The lowest BCUT2D eigenvalue weighted by Crippen LogP contribution is -2.44. The minimum Gasteiger partial charge on any atom is -0.340 e. The molecule has 4 rings (SSSR count). The average molecular weight is 358 g/mol. The van der Waals surface area contributed by atoms with Gasteiger partial charge >= 0.3 is 5.69 Å². The first-order chi connectivity index (χ1) is 12.6. The quantitative estimate of drug-likeness (QED) is 0.689. The summed E-state index contributed by atoms with van der Waals surface area (Å²) < 4.78 is 17.2. The lowest BCUT2D eigenvalue weighted by Gasteiger charge is -2.28. The van der Waals surface area contributed by atoms with Crippen LogP contribution in [0, 0.1) is 5.82 Å². The highest BCUT2D eigenvalue weighted by atomic mass is 19.1. The highest BCUT2D eigenvalue weighted by molar-refractivity contribution is 5.74. The lowest BCUT2D eigenvalue weighted by atomic mass is 10.2. The van der Waals surface area contributed by atoms with E-state index in [9.17, 15) is 14.0 Å². The molecule has 2 N–H and O–H groups in total. The number of nitrogens with one attached hydrogen (secondary N) is 2. The zero-order valence-electron chi connectivity index (χ0n) is 14.3. The summed E-state index contributed by atoms with van der Waals surface area (Å²) in [6, 6.07) is 6.44. The number of piperazine rings is 1. The van der Waals surface area contributed by atoms with Gasteiger partial charge < -0.3 is 10.2 Å². The van der Waals surface area contributed by atoms with Crippen LogP contribution in [0.5, 0.6) is 0 Å². The van der Waals surface area contributed by atoms with Crippen LogP contribution in [0.1, 0.15) is 5.56 Å². The largest absolute Gasteiger partial charge is 0.340 e. The van der Waals surface area contributed by atoms with Crippen LogP contribution in [0.4, 0.5) is 10.3 Å². The molecule has 136 valence electrons. The summed E-state index contributed by atoms with van der Waals surface area (Å²) in [5, 5.41) is 3.27. The molecule has 0 bridgehead atoms. The Morgan fingerprint density at radius 3 is 2.65 bits per heavy atom. The third-order valence-electron chi connectivity index (χ3n) is 4.67. The van der Waals surface area contributed by atoms with Gasteiger partial charge in [-0.2, -0.15) is 4.98 Å². The average Bonchev–Trinajstić information content (AvgIpc) is 3.02. The van der Waals surface area contributed by atoms with E-state index in [2.05, 4.69) is 15.3 Å². The molecule has 3 heterocycles. The predicted molar refractivity (Wildman–Crippen MR) is 96.2 cm³/mol. The van der Waals surface area contributed by atoms with Gasteiger partial charge in [-0.05, 0) is 6.07 Å². The SMILES string of the molecule is Cn1c(=O)[nH]c(=O)c2c1nc(N1CCNCC1)n2Cc1ccccc1F. The molecular weight excluding hydrogens is 339 g/mol. The van der Waals surface area contributed by atoms with E-state index in [1.807, 2.05) is 4.90 Å². The molecule has 0 radical (unpaired) electrons. The third kappa shape index (κ3) is 2.70. The number of nitrogens with zero attached hydrogens (tertiary/aromatic N) is 4. The summed E-state index contributed by atoms with van der Waals surface area (Å²) in [5.74, 6) is 0.221. The highest BCUT2D eigenvalue weighted by Gasteiger charge is 2.23. The van der Waals surface area contributed by atoms with Crippen LogP contribution in [0.3, 0.4) is 0 Å². The minimum absolute atomic E-state index is 0.156. The molecule has 1 aromatic carbocycles. The van der Waals surface area contributed by atoms with E-state index in [1.165, 1.54) is 10.6 Å². The molecule has 0 amide bonds. The summed E-state index contributed by atoms with van der Waals surface area (Å²) >= 11 is 0. The van der Waals surface area contributed by atoms with Crippen molar-refractivity contribution < 1.29 is 4.39 Å². The number of aryl methyl sites for hydroxylation is 1. The highest BCUT2D eigenvalue weighted by Crippen LogP contribution is 2.22. The third-order valence-corrected chi connectivity index (χ3v) is 4.67. The van der Waals surface area contributed by atoms with Crippen LogP contribution in [0.15, 0.2) is 33.9 Å². The molecule has 0 atom stereocenters. The molecule has 1 saturated heterocycles. The standard InChI is InChI=1S/C17H19FN6O2/c1-22-14-13(15(25)21-17(22)26)24(10-11-4-2-3-5-12(11)18)16(20-14)23-8-6-19-7-9-23/h2-5,19H,6-10H2,1H3,(H,21,25,26). The summed E-state index contributed by atoms with van der Waals surface area (Å²) in [6.07, 6.45) is 0. The fourth-order valence-corrected chi connectivity index (χ4v) is 3.28. The Kier molecular flexibility index (Phi) is 4.08. The van der Waals surface area contributed by atoms with Crippen molar-refractivity contribution >= 4 is 17.1 Å². The normalized spacial score (nSPS) is 14.9. The van der Waals surface area contributed by atoms with Gasteiger partial charge in [-0.25, -0.2) is 9.18 Å². The number of hydrogen-bond acceptors (Lipinski definition) is 5. The number of aromatic amines is 1.